The van der Waals surface area contributed by atoms with E-state index < -0.39 is 17.7 Å². The maximum atomic E-state index is 13.5. The van der Waals surface area contributed by atoms with Gasteiger partial charge in [-0.25, -0.2) is 9.18 Å². The number of nitrogens with one attached hydrogen (secondary N) is 1. The molecule has 0 atom stereocenters. The first-order valence-corrected chi connectivity index (χ1v) is 4.99. The highest BCUT2D eigenvalue weighted by Crippen LogP contribution is 2.26. The van der Waals surface area contributed by atoms with Gasteiger partial charge in [-0.3, -0.25) is 4.79 Å². The van der Waals surface area contributed by atoms with Crippen molar-refractivity contribution in [1.29, 1.82) is 0 Å². The minimum absolute atomic E-state index is 0.0820. The number of hydrogen-bond donors (Lipinski definition) is 1. The molecule has 1 aliphatic heterocycles. The van der Waals surface area contributed by atoms with Crippen LogP contribution in [-0.4, -0.2) is 25.5 Å². The lowest BCUT2D eigenvalue weighted by atomic mass is 10.00. The Balaban J connectivity index is 2.53. The Morgan fingerprint density at radius 3 is 2.71 bits per heavy atom. The third-order valence-corrected chi connectivity index (χ3v) is 2.55. The molecule has 1 heterocycles. The molecular weight excluding hydrogens is 225 g/mol. The molecule has 0 spiro atoms. The SMILES string of the molecule is COC(=O)c1ccccc1C1=C(F)C(=O)NC1. The third kappa shape index (κ3) is 1.91. The second-order valence-electron chi connectivity index (χ2n) is 3.51. The highest BCUT2D eigenvalue weighted by Gasteiger charge is 2.26. The minimum atomic E-state index is -0.846. The summed E-state index contributed by atoms with van der Waals surface area (Å²) in [7, 11) is 1.25. The van der Waals surface area contributed by atoms with Gasteiger partial charge in [0.15, 0.2) is 5.83 Å². The van der Waals surface area contributed by atoms with E-state index in [1.165, 1.54) is 13.2 Å². The van der Waals surface area contributed by atoms with Gasteiger partial charge in [-0.2, -0.15) is 0 Å². The van der Waals surface area contributed by atoms with Crippen LogP contribution in [0.1, 0.15) is 15.9 Å². The van der Waals surface area contributed by atoms with Crippen LogP contribution in [0.5, 0.6) is 0 Å². The number of amides is 1. The zero-order valence-corrected chi connectivity index (χ0v) is 9.12. The van der Waals surface area contributed by atoms with E-state index in [4.69, 9.17) is 0 Å². The molecule has 0 bridgehead atoms. The lowest BCUT2D eigenvalue weighted by Gasteiger charge is -2.07. The second-order valence-corrected chi connectivity index (χ2v) is 3.51. The fourth-order valence-corrected chi connectivity index (χ4v) is 1.71. The third-order valence-electron chi connectivity index (χ3n) is 2.55. The first-order chi connectivity index (χ1) is 8.15. The molecule has 1 aromatic carbocycles. The molecule has 88 valence electrons. The zero-order chi connectivity index (χ0) is 12.4. The molecule has 1 N–H and O–H groups in total. The Hall–Kier alpha value is -2.17. The van der Waals surface area contributed by atoms with Crippen LogP contribution in [0.25, 0.3) is 5.57 Å². The number of carbonyl (C=O) groups is 2. The summed E-state index contributed by atoms with van der Waals surface area (Å²) in [6.07, 6.45) is 0. The van der Waals surface area contributed by atoms with Crippen molar-refractivity contribution in [3.63, 3.8) is 0 Å². The van der Waals surface area contributed by atoms with Crippen LogP contribution >= 0.6 is 0 Å². The summed E-state index contributed by atoms with van der Waals surface area (Å²) in [5, 5.41) is 2.36. The molecule has 5 heteroatoms. The van der Waals surface area contributed by atoms with Crippen LogP contribution in [0.3, 0.4) is 0 Å². The highest BCUT2D eigenvalue weighted by atomic mass is 19.1. The summed E-state index contributed by atoms with van der Waals surface area (Å²) >= 11 is 0. The summed E-state index contributed by atoms with van der Waals surface area (Å²) < 4.78 is 18.1. The summed E-state index contributed by atoms with van der Waals surface area (Å²) in [4.78, 5) is 22.6. The molecule has 0 saturated heterocycles. The summed E-state index contributed by atoms with van der Waals surface area (Å²) in [5.74, 6) is -2.15. The standard InChI is InChI=1S/C12H10FNO3/c1-17-12(16)8-5-3-2-4-7(8)9-6-14-11(15)10(9)13/h2-5H,6H2,1H3,(H,14,15). The minimum Gasteiger partial charge on any atom is -0.465 e. The number of esters is 1. The van der Waals surface area contributed by atoms with Gasteiger partial charge in [-0.1, -0.05) is 18.2 Å². The van der Waals surface area contributed by atoms with E-state index >= 15 is 0 Å². The van der Waals surface area contributed by atoms with Gasteiger partial charge in [0.05, 0.1) is 12.7 Å². The van der Waals surface area contributed by atoms with Crippen molar-refractivity contribution in [2.45, 2.75) is 0 Å². The van der Waals surface area contributed by atoms with Gasteiger partial charge in [0, 0.05) is 12.1 Å². The predicted octanol–water partition coefficient (Wildman–Crippen LogP) is 1.28. The van der Waals surface area contributed by atoms with Gasteiger partial charge >= 0.3 is 5.97 Å². The van der Waals surface area contributed by atoms with Gasteiger partial charge in [0.1, 0.15) is 0 Å². The molecule has 0 radical (unpaired) electrons. The average Bonchev–Trinajstić information content (AvgIpc) is 2.69. The first-order valence-electron chi connectivity index (χ1n) is 4.99. The number of ether oxygens (including phenoxy) is 1. The van der Waals surface area contributed by atoms with E-state index in [2.05, 4.69) is 10.1 Å². The van der Waals surface area contributed by atoms with Crippen LogP contribution in [-0.2, 0) is 9.53 Å². The maximum absolute atomic E-state index is 13.5. The molecule has 2 rings (SSSR count). The van der Waals surface area contributed by atoms with E-state index in [-0.39, 0.29) is 17.7 Å². The van der Waals surface area contributed by atoms with E-state index in [0.717, 1.165) is 0 Å². The molecule has 4 nitrogen and oxygen atoms in total. The van der Waals surface area contributed by atoms with Crippen LogP contribution in [0, 0.1) is 0 Å². The Labute approximate surface area is 97.1 Å². The van der Waals surface area contributed by atoms with Crippen molar-refractivity contribution in [3.8, 4) is 0 Å². The van der Waals surface area contributed by atoms with Crippen molar-refractivity contribution in [1.82, 2.24) is 5.32 Å². The van der Waals surface area contributed by atoms with E-state index in [1.54, 1.807) is 18.2 Å². The van der Waals surface area contributed by atoms with Crippen LogP contribution < -0.4 is 5.32 Å². The average molecular weight is 235 g/mol. The number of methoxy groups -OCH3 is 1. The van der Waals surface area contributed by atoms with E-state index in [9.17, 15) is 14.0 Å². The largest absolute Gasteiger partial charge is 0.465 e. The molecular formula is C12H10FNO3. The monoisotopic (exact) mass is 235 g/mol. The molecule has 17 heavy (non-hydrogen) atoms. The van der Waals surface area contributed by atoms with Gasteiger partial charge in [0.25, 0.3) is 5.91 Å². The smallest absolute Gasteiger partial charge is 0.338 e. The quantitative estimate of drug-likeness (QED) is 0.786. The molecule has 1 amide bonds. The maximum Gasteiger partial charge on any atom is 0.338 e. The van der Waals surface area contributed by atoms with Crippen molar-refractivity contribution >= 4 is 17.4 Å². The van der Waals surface area contributed by atoms with Crippen molar-refractivity contribution < 1.29 is 18.7 Å². The Morgan fingerprint density at radius 1 is 1.41 bits per heavy atom. The number of hydrogen-bond acceptors (Lipinski definition) is 3. The topological polar surface area (TPSA) is 55.4 Å². The molecule has 1 aromatic rings. The number of rotatable bonds is 2. The highest BCUT2D eigenvalue weighted by molar-refractivity contribution is 6.06. The van der Waals surface area contributed by atoms with Crippen LogP contribution in [0.4, 0.5) is 4.39 Å². The lowest BCUT2D eigenvalue weighted by Crippen LogP contribution is -2.16. The van der Waals surface area contributed by atoms with E-state index in [0.29, 0.717) is 5.56 Å². The Kier molecular flexibility index (Phi) is 2.91. The van der Waals surface area contributed by atoms with Gasteiger partial charge in [-0.15, -0.1) is 0 Å². The Bertz CT molecular complexity index is 522. The lowest BCUT2D eigenvalue weighted by molar-refractivity contribution is -0.117. The van der Waals surface area contributed by atoms with Gasteiger partial charge in [-0.05, 0) is 11.6 Å². The molecule has 0 unspecified atom stereocenters. The predicted molar refractivity (Wildman–Crippen MR) is 58.8 cm³/mol. The summed E-state index contributed by atoms with van der Waals surface area (Å²) in [6, 6.07) is 6.44. The fraction of sp³-hybridized carbons (Fsp3) is 0.167. The van der Waals surface area contributed by atoms with Gasteiger partial charge in [0.2, 0.25) is 0 Å². The number of halogens is 1. The summed E-state index contributed by atoms with van der Waals surface area (Å²) in [6.45, 7) is 0.0820. The molecule has 0 aromatic heterocycles. The number of benzene rings is 1. The summed E-state index contributed by atoms with van der Waals surface area (Å²) in [5.41, 5.74) is 0.822. The first kappa shape index (κ1) is 11.3. The van der Waals surface area contributed by atoms with Crippen LogP contribution in [0.2, 0.25) is 0 Å². The van der Waals surface area contributed by atoms with Crippen molar-refractivity contribution in [3.05, 3.63) is 41.2 Å². The molecule has 0 aliphatic carbocycles. The molecule has 0 saturated carbocycles. The van der Waals surface area contributed by atoms with E-state index in [1.807, 2.05) is 0 Å². The van der Waals surface area contributed by atoms with Gasteiger partial charge < -0.3 is 10.1 Å². The number of carbonyl (C=O) groups excluding carboxylic acids is 2. The van der Waals surface area contributed by atoms with Crippen LogP contribution in [0.15, 0.2) is 30.1 Å². The second kappa shape index (κ2) is 4.37. The zero-order valence-electron chi connectivity index (χ0n) is 9.12. The van der Waals surface area contributed by atoms with Crippen molar-refractivity contribution in [2.75, 3.05) is 13.7 Å². The molecule has 1 aliphatic rings. The normalized spacial score (nSPS) is 14.8. The van der Waals surface area contributed by atoms with Crippen molar-refractivity contribution in [2.24, 2.45) is 0 Å². The Morgan fingerprint density at radius 2 is 2.12 bits per heavy atom. The molecule has 0 fully saturated rings. The fourth-order valence-electron chi connectivity index (χ4n) is 1.71.